The third kappa shape index (κ3) is 4.60. The maximum Gasteiger partial charge on any atom is 0.0892 e. The zero-order chi connectivity index (χ0) is 7.28. The van der Waals surface area contributed by atoms with Gasteiger partial charge in [0.25, 0.3) is 0 Å². The predicted octanol–water partition coefficient (Wildman–Crippen LogP) is -0.426. The Labute approximate surface area is 64.2 Å². The Hall–Kier alpha value is -0.260. The third-order valence-corrected chi connectivity index (χ3v) is 1.99. The standard InChI is InChI=1S/C5H10O3S.H3N/c1-2-4(5(7)8)9-3-6;/h4,6H,2-3H2,1H3,(H,7,8);1H3. The van der Waals surface area contributed by atoms with E-state index in [9.17, 15) is 9.90 Å². The summed E-state index contributed by atoms with van der Waals surface area (Å²) in [5, 5.41) is 17.8. The van der Waals surface area contributed by atoms with Crippen molar-refractivity contribution in [2.45, 2.75) is 18.6 Å². The Morgan fingerprint density at radius 1 is 1.80 bits per heavy atom. The number of carbonyl (C=O) groups is 1. The van der Waals surface area contributed by atoms with Crippen molar-refractivity contribution in [1.82, 2.24) is 6.15 Å². The van der Waals surface area contributed by atoms with Crippen LogP contribution in [0, 0.1) is 0 Å². The number of quaternary nitrogens is 1. The fraction of sp³-hybridized carbons (Fsp3) is 0.800. The second kappa shape index (κ2) is 6.85. The molecule has 5 N–H and O–H groups in total. The van der Waals surface area contributed by atoms with Gasteiger partial charge in [0.15, 0.2) is 0 Å². The first-order chi connectivity index (χ1) is 4.22. The van der Waals surface area contributed by atoms with Crippen molar-refractivity contribution in [3.8, 4) is 0 Å². The molecule has 0 aromatic heterocycles. The maximum atomic E-state index is 10.1. The lowest BCUT2D eigenvalue weighted by atomic mass is 10.3. The van der Waals surface area contributed by atoms with Gasteiger partial charge in [0, 0.05) is 5.25 Å². The summed E-state index contributed by atoms with van der Waals surface area (Å²) in [5.74, 6) is -1.26. The summed E-state index contributed by atoms with van der Waals surface area (Å²) >= 11 is 0.978. The summed E-state index contributed by atoms with van der Waals surface area (Å²) in [6.07, 6.45) is 0.494. The second-order valence-corrected chi connectivity index (χ2v) is 2.67. The second-order valence-electron chi connectivity index (χ2n) is 1.51. The molecule has 0 fully saturated rings. The lowest BCUT2D eigenvalue weighted by Crippen LogP contribution is -2.33. The first-order valence-electron chi connectivity index (χ1n) is 2.65. The monoisotopic (exact) mass is 167 g/mol. The summed E-state index contributed by atoms with van der Waals surface area (Å²) in [6, 6.07) is 0. The number of hydrogen-bond acceptors (Lipinski definition) is 4. The van der Waals surface area contributed by atoms with Crippen LogP contribution in [0.25, 0.3) is 0 Å². The van der Waals surface area contributed by atoms with Gasteiger partial charge >= 0.3 is 0 Å². The van der Waals surface area contributed by atoms with Gasteiger partial charge in [0.05, 0.1) is 11.9 Å². The van der Waals surface area contributed by atoms with Crippen molar-refractivity contribution in [3.05, 3.63) is 0 Å². The molecule has 0 aliphatic carbocycles. The van der Waals surface area contributed by atoms with Crippen molar-refractivity contribution in [2.75, 3.05) is 5.94 Å². The van der Waals surface area contributed by atoms with E-state index in [4.69, 9.17) is 5.11 Å². The van der Waals surface area contributed by atoms with E-state index in [0.717, 1.165) is 11.8 Å². The van der Waals surface area contributed by atoms with E-state index in [1.54, 1.807) is 6.92 Å². The number of carboxylic acid groups (broad SMARTS) is 1. The van der Waals surface area contributed by atoms with Crippen LogP contribution in [0.5, 0.6) is 0 Å². The molecule has 4 nitrogen and oxygen atoms in total. The molecule has 0 aliphatic heterocycles. The molecule has 10 heavy (non-hydrogen) atoms. The number of aliphatic hydroxyl groups is 1. The highest BCUT2D eigenvalue weighted by molar-refractivity contribution is 8.00. The highest BCUT2D eigenvalue weighted by Gasteiger charge is 2.04. The fourth-order valence-electron chi connectivity index (χ4n) is 0.443. The lowest BCUT2D eigenvalue weighted by molar-refractivity contribution is -0.304. The zero-order valence-electron chi connectivity index (χ0n) is 6.16. The molecule has 62 valence electrons. The largest absolute Gasteiger partial charge is 0.549 e. The molecule has 0 aromatic rings. The van der Waals surface area contributed by atoms with E-state index in [-0.39, 0.29) is 12.1 Å². The van der Waals surface area contributed by atoms with Crippen LogP contribution in [0.15, 0.2) is 0 Å². The van der Waals surface area contributed by atoms with Crippen LogP contribution in [0.1, 0.15) is 13.3 Å². The molecule has 0 rings (SSSR count). The number of hydrogen-bond donors (Lipinski definition) is 2. The van der Waals surface area contributed by atoms with E-state index in [0.29, 0.717) is 6.42 Å². The molecule has 0 saturated heterocycles. The van der Waals surface area contributed by atoms with E-state index in [1.165, 1.54) is 0 Å². The number of aliphatic hydroxyl groups excluding tert-OH is 1. The van der Waals surface area contributed by atoms with Crippen molar-refractivity contribution in [3.63, 3.8) is 0 Å². The minimum absolute atomic E-state index is 0. The Morgan fingerprint density at radius 3 is 2.40 bits per heavy atom. The minimum Gasteiger partial charge on any atom is -0.549 e. The van der Waals surface area contributed by atoms with Crippen LogP contribution in [0.2, 0.25) is 0 Å². The Balaban J connectivity index is 0. The average Bonchev–Trinajstić information content (AvgIpc) is 1.82. The fourth-order valence-corrected chi connectivity index (χ4v) is 0.994. The van der Waals surface area contributed by atoms with Gasteiger partial charge in [-0.25, -0.2) is 0 Å². The van der Waals surface area contributed by atoms with E-state index >= 15 is 0 Å². The molecule has 0 aliphatic rings. The Morgan fingerprint density at radius 2 is 2.30 bits per heavy atom. The molecule has 0 spiro atoms. The molecule has 0 amide bonds. The molecule has 1 atom stereocenters. The number of thioether (sulfide) groups is 1. The summed E-state index contributed by atoms with van der Waals surface area (Å²) < 4.78 is 0. The number of rotatable bonds is 4. The first kappa shape index (κ1) is 12.4. The molecule has 0 heterocycles. The summed E-state index contributed by atoms with van der Waals surface area (Å²) in [4.78, 5) is 10.1. The number of carboxylic acids is 1. The quantitative estimate of drug-likeness (QED) is 0.555. The molecule has 0 saturated carbocycles. The smallest absolute Gasteiger partial charge is 0.0892 e. The van der Waals surface area contributed by atoms with Gasteiger partial charge in [0.2, 0.25) is 0 Å². The van der Waals surface area contributed by atoms with Gasteiger partial charge in [-0.1, -0.05) is 6.92 Å². The molecule has 0 radical (unpaired) electrons. The predicted molar refractivity (Wildman–Crippen MR) is 39.7 cm³/mol. The molecular formula is C5H13NO3S. The van der Waals surface area contributed by atoms with Crippen LogP contribution in [-0.4, -0.2) is 22.3 Å². The molecule has 5 heteroatoms. The van der Waals surface area contributed by atoms with Gasteiger partial charge in [-0.3, -0.25) is 0 Å². The topological polar surface area (TPSA) is 96.9 Å². The summed E-state index contributed by atoms with van der Waals surface area (Å²) in [5.41, 5.74) is 0. The SMILES string of the molecule is CCC(SCO)C(=O)[O-].[NH4+]. The van der Waals surface area contributed by atoms with Crippen molar-refractivity contribution < 1.29 is 15.0 Å². The number of aliphatic carboxylic acids is 1. The number of carbonyl (C=O) groups excluding carboxylic acids is 1. The van der Waals surface area contributed by atoms with Gasteiger partial charge in [-0.2, -0.15) is 0 Å². The van der Waals surface area contributed by atoms with Gasteiger partial charge in [0.1, 0.15) is 0 Å². The van der Waals surface area contributed by atoms with Gasteiger partial charge in [-0.15, -0.1) is 11.8 Å². The van der Waals surface area contributed by atoms with Crippen LogP contribution < -0.4 is 11.3 Å². The zero-order valence-corrected chi connectivity index (χ0v) is 6.98. The van der Waals surface area contributed by atoms with Crippen LogP contribution in [-0.2, 0) is 4.79 Å². The minimum atomic E-state index is -1.10. The highest BCUT2D eigenvalue weighted by atomic mass is 32.2. The maximum absolute atomic E-state index is 10.1. The molecular weight excluding hydrogens is 154 g/mol. The van der Waals surface area contributed by atoms with Crippen molar-refractivity contribution >= 4 is 17.7 Å². The van der Waals surface area contributed by atoms with Gasteiger partial charge < -0.3 is 21.2 Å². The Kier molecular flexibility index (Phi) is 8.51. The first-order valence-corrected chi connectivity index (χ1v) is 3.70. The van der Waals surface area contributed by atoms with Crippen molar-refractivity contribution in [1.29, 1.82) is 0 Å². The highest BCUT2D eigenvalue weighted by Crippen LogP contribution is 2.11. The van der Waals surface area contributed by atoms with Gasteiger partial charge in [-0.05, 0) is 6.42 Å². The normalized spacial score (nSPS) is 11.8. The molecule has 1 unspecified atom stereocenters. The Bertz CT molecular complexity index is 98.9. The lowest BCUT2D eigenvalue weighted by Gasteiger charge is -2.12. The van der Waals surface area contributed by atoms with E-state index in [1.807, 2.05) is 0 Å². The van der Waals surface area contributed by atoms with Crippen molar-refractivity contribution in [2.24, 2.45) is 0 Å². The van der Waals surface area contributed by atoms with E-state index in [2.05, 4.69) is 0 Å². The van der Waals surface area contributed by atoms with Crippen LogP contribution >= 0.6 is 11.8 Å². The van der Waals surface area contributed by atoms with Crippen LogP contribution in [0.3, 0.4) is 0 Å². The van der Waals surface area contributed by atoms with E-state index < -0.39 is 11.2 Å². The summed E-state index contributed by atoms with van der Waals surface area (Å²) in [7, 11) is 0. The summed E-state index contributed by atoms with van der Waals surface area (Å²) in [6.45, 7) is 1.74. The molecule has 0 bridgehead atoms. The molecule has 0 aromatic carbocycles. The average molecular weight is 167 g/mol. The van der Waals surface area contributed by atoms with Crippen LogP contribution in [0.4, 0.5) is 0 Å². The third-order valence-electron chi connectivity index (χ3n) is 0.909.